The SMILES string of the molecule is CS(=O)(=O)Cc1ccc(CC(Cc2ccc(CP(=O)(OF)OF)cc2)(C(=O)O)C(=O)O)cc1. The van der Waals surface area contributed by atoms with E-state index in [0.29, 0.717) is 11.1 Å². The summed E-state index contributed by atoms with van der Waals surface area (Å²) in [7, 11) is -7.89. The molecule has 0 atom stereocenters. The van der Waals surface area contributed by atoms with Crippen LogP contribution >= 0.6 is 7.60 Å². The molecule has 0 spiro atoms. The molecule has 0 heterocycles. The molecule has 2 rings (SSSR count). The van der Waals surface area contributed by atoms with Crippen LogP contribution in [-0.2, 0) is 58.2 Å². The smallest absolute Gasteiger partial charge is 0.399 e. The van der Waals surface area contributed by atoms with E-state index in [0.717, 1.165) is 6.26 Å². The summed E-state index contributed by atoms with van der Waals surface area (Å²) in [5.41, 5.74) is -0.974. The van der Waals surface area contributed by atoms with Gasteiger partial charge in [0.1, 0.15) is 0 Å². The highest BCUT2D eigenvalue weighted by molar-refractivity contribution is 7.89. The van der Waals surface area contributed by atoms with E-state index < -0.39 is 47.4 Å². The van der Waals surface area contributed by atoms with Gasteiger partial charge in [-0.3, -0.25) is 14.2 Å². The minimum Gasteiger partial charge on any atom is -0.480 e. The molecular formula is C20H21F2O9PS. The molecule has 9 nitrogen and oxygen atoms in total. The number of carboxylic acid groups (broad SMARTS) is 2. The van der Waals surface area contributed by atoms with Crippen LogP contribution in [0.3, 0.4) is 0 Å². The van der Waals surface area contributed by atoms with E-state index in [2.05, 4.69) is 9.46 Å². The van der Waals surface area contributed by atoms with Crippen LogP contribution in [0.4, 0.5) is 9.05 Å². The van der Waals surface area contributed by atoms with Crippen molar-refractivity contribution in [2.24, 2.45) is 5.41 Å². The van der Waals surface area contributed by atoms with Crippen molar-refractivity contribution >= 4 is 29.4 Å². The monoisotopic (exact) mass is 506 g/mol. The third-order valence-electron chi connectivity index (χ3n) is 4.89. The Kier molecular flexibility index (Phi) is 8.47. The van der Waals surface area contributed by atoms with Crippen LogP contribution in [-0.4, -0.2) is 36.8 Å². The number of carboxylic acids is 2. The molecule has 33 heavy (non-hydrogen) atoms. The molecule has 0 saturated heterocycles. The van der Waals surface area contributed by atoms with Crippen LogP contribution < -0.4 is 0 Å². The van der Waals surface area contributed by atoms with Gasteiger partial charge in [-0.05, 0) is 44.1 Å². The number of hydrogen-bond acceptors (Lipinski definition) is 7. The van der Waals surface area contributed by atoms with Gasteiger partial charge in [0.2, 0.25) is 0 Å². The van der Waals surface area contributed by atoms with E-state index in [1.165, 1.54) is 48.5 Å². The Morgan fingerprint density at radius 1 is 0.848 bits per heavy atom. The lowest BCUT2D eigenvalue weighted by molar-refractivity contribution is -0.164. The van der Waals surface area contributed by atoms with Crippen LogP contribution in [0.25, 0.3) is 0 Å². The Morgan fingerprint density at radius 2 is 1.21 bits per heavy atom. The van der Waals surface area contributed by atoms with Gasteiger partial charge in [0.05, 0.1) is 11.9 Å². The molecule has 0 aliphatic heterocycles. The average molecular weight is 506 g/mol. The predicted molar refractivity (Wildman–Crippen MR) is 112 cm³/mol. The molecule has 2 aromatic rings. The fourth-order valence-corrected chi connectivity index (χ4v) is 4.83. The second-order valence-corrected chi connectivity index (χ2v) is 11.6. The number of benzene rings is 2. The molecule has 0 bridgehead atoms. The van der Waals surface area contributed by atoms with Gasteiger partial charge in [0, 0.05) is 6.26 Å². The van der Waals surface area contributed by atoms with E-state index >= 15 is 0 Å². The summed E-state index contributed by atoms with van der Waals surface area (Å²) in [4.78, 5) is 24.1. The first-order chi connectivity index (χ1) is 15.3. The molecule has 2 N–H and O–H groups in total. The second kappa shape index (κ2) is 10.5. The van der Waals surface area contributed by atoms with E-state index in [9.17, 15) is 41.8 Å². The van der Waals surface area contributed by atoms with Crippen molar-refractivity contribution in [1.82, 2.24) is 0 Å². The topological polar surface area (TPSA) is 144 Å². The van der Waals surface area contributed by atoms with Crippen molar-refractivity contribution in [3.8, 4) is 0 Å². The summed E-state index contributed by atoms with van der Waals surface area (Å²) in [5.74, 6) is -3.38. The number of sulfone groups is 1. The molecule has 0 radical (unpaired) electrons. The van der Waals surface area contributed by atoms with Crippen molar-refractivity contribution in [3.05, 3.63) is 70.8 Å². The van der Waals surface area contributed by atoms with Gasteiger partial charge in [0.15, 0.2) is 15.3 Å². The van der Waals surface area contributed by atoms with Crippen molar-refractivity contribution in [2.75, 3.05) is 6.26 Å². The summed E-state index contributed by atoms with van der Waals surface area (Å²) in [6.45, 7) is 0. The molecule has 0 unspecified atom stereocenters. The summed E-state index contributed by atoms with van der Waals surface area (Å²) >= 11 is 0. The quantitative estimate of drug-likeness (QED) is 0.325. The maximum Gasteiger partial charge on any atom is 0.399 e. The molecule has 13 heteroatoms. The molecule has 0 aliphatic carbocycles. The largest absolute Gasteiger partial charge is 0.480 e. The summed E-state index contributed by atoms with van der Waals surface area (Å²) in [6, 6.07) is 11.2. The lowest BCUT2D eigenvalue weighted by atomic mass is 9.76. The maximum atomic E-state index is 12.2. The average Bonchev–Trinajstić information content (AvgIpc) is 2.74. The Labute approximate surface area is 188 Å². The second-order valence-electron chi connectivity index (χ2n) is 7.66. The molecule has 0 fully saturated rings. The molecule has 2 aromatic carbocycles. The van der Waals surface area contributed by atoms with E-state index in [-0.39, 0.29) is 23.3 Å². The first-order valence-electron chi connectivity index (χ1n) is 9.32. The minimum absolute atomic E-state index is 0.148. The van der Waals surface area contributed by atoms with Gasteiger partial charge in [-0.2, -0.15) is 0 Å². The van der Waals surface area contributed by atoms with E-state index in [4.69, 9.17) is 0 Å². The van der Waals surface area contributed by atoms with Gasteiger partial charge < -0.3 is 10.2 Å². The Hall–Kier alpha value is -2.66. The Balaban J connectivity index is 2.28. The number of aliphatic carboxylic acids is 2. The van der Waals surface area contributed by atoms with Crippen molar-refractivity contribution in [3.63, 3.8) is 0 Å². The molecule has 180 valence electrons. The Bertz CT molecular complexity index is 1130. The zero-order chi connectivity index (χ0) is 24.9. The van der Waals surface area contributed by atoms with Crippen molar-refractivity contribution in [1.29, 1.82) is 0 Å². The zero-order valence-corrected chi connectivity index (χ0v) is 19.0. The van der Waals surface area contributed by atoms with Crippen LogP contribution in [0.2, 0.25) is 0 Å². The molecule has 0 aromatic heterocycles. The number of carbonyl (C=O) groups is 2. The zero-order valence-electron chi connectivity index (χ0n) is 17.3. The highest BCUT2D eigenvalue weighted by Gasteiger charge is 2.46. The maximum absolute atomic E-state index is 12.2. The van der Waals surface area contributed by atoms with E-state index in [1.807, 2.05) is 0 Å². The van der Waals surface area contributed by atoms with Crippen LogP contribution in [0.5, 0.6) is 0 Å². The lowest BCUT2D eigenvalue weighted by Crippen LogP contribution is -2.43. The summed E-state index contributed by atoms with van der Waals surface area (Å²) in [5, 5.41) is 19.6. The van der Waals surface area contributed by atoms with Crippen LogP contribution in [0, 0.1) is 5.41 Å². The highest BCUT2D eigenvalue weighted by Crippen LogP contribution is 2.52. The number of hydrogen-bond donors (Lipinski definition) is 2. The van der Waals surface area contributed by atoms with Crippen molar-refractivity contribution in [2.45, 2.75) is 24.8 Å². The van der Waals surface area contributed by atoms with Gasteiger partial charge in [-0.15, -0.1) is 9.46 Å². The normalized spacial score (nSPS) is 12.5. The predicted octanol–water partition coefficient (Wildman–Crippen LogP) is 3.67. The number of rotatable bonds is 12. The van der Waals surface area contributed by atoms with Gasteiger partial charge >= 0.3 is 19.5 Å². The van der Waals surface area contributed by atoms with Crippen LogP contribution in [0.15, 0.2) is 48.5 Å². The third kappa shape index (κ3) is 7.16. The first-order valence-corrected chi connectivity index (χ1v) is 13.1. The van der Waals surface area contributed by atoms with E-state index in [1.54, 1.807) is 0 Å². The van der Waals surface area contributed by atoms with Gasteiger partial charge in [0.25, 0.3) is 0 Å². The standard InChI is InChI=1S/C20H21F2O9PS/c1-33(28,29)13-17-8-4-15(5-9-17)11-20(18(23)24,19(25)26)10-14-2-6-16(7-3-14)12-32(27,30-21)31-22/h2-9H,10-13H2,1H3,(H,23,24)(H,25,26). The molecule has 0 aliphatic rings. The first kappa shape index (κ1) is 26.6. The number of halogens is 2. The Morgan fingerprint density at radius 3 is 1.55 bits per heavy atom. The fourth-order valence-electron chi connectivity index (χ4n) is 3.26. The fraction of sp³-hybridized carbons (Fsp3) is 0.300. The summed E-state index contributed by atoms with van der Waals surface area (Å²) in [6.07, 6.45) is -0.484. The highest BCUT2D eigenvalue weighted by atomic mass is 32.2. The third-order valence-corrected chi connectivity index (χ3v) is 6.92. The molecule has 0 saturated carbocycles. The van der Waals surface area contributed by atoms with Crippen molar-refractivity contribution < 1.29 is 51.3 Å². The summed E-state index contributed by atoms with van der Waals surface area (Å²) < 4.78 is 64.9. The lowest BCUT2D eigenvalue weighted by Gasteiger charge is -2.25. The molecular weight excluding hydrogens is 485 g/mol. The minimum atomic E-state index is -4.61. The van der Waals surface area contributed by atoms with Gasteiger partial charge in [-0.25, -0.2) is 8.42 Å². The van der Waals surface area contributed by atoms with Crippen LogP contribution in [0.1, 0.15) is 22.3 Å². The van der Waals surface area contributed by atoms with Gasteiger partial charge in [-0.1, -0.05) is 48.5 Å². The molecule has 0 amide bonds.